The molecule has 3 fully saturated rings. The van der Waals surface area contributed by atoms with E-state index in [9.17, 15) is 18.7 Å². The highest BCUT2D eigenvalue weighted by atomic mass is 19.1. The van der Waals surface area contributed by atoms with E-state index in [1.54, 1.807) is 6.20 Å². The van der Waals surface area contributed by atoms with Crippen LogP contribution in [0, 0.1) is 23.5 Å². The van der Waals surface area contributed by atoms with Crippen molar-refractivity contribution in [2.24, 2.45) is 22.6 Å². The maximum absolute atomic E-state index is 14.5. The van der Waals surface area contributed by atoms with Crippen LogP contribution in [0.25, 0.3) is 0 Å². The van der Waals surface area contributed by atoms with Crippen molar-refractivity contribution >= 4 is 17.6 Å². The zero-order valence-corrected chi connectivity index (χ0v) is 24.6. The quantitative estimate of drug-likeness (QED) is 0.293. The van der Waals surface area contributed by atoms with Crippen LogP contribution in [0.1, 0.15) is 51.4 Å². The first kappa shape index (κ1) is 30.5. The first-order valence-electron chi connectivity index (χ1n) is 15.4. The summed E-state index contributed by atoms with van der Waals surface area (Å²) < 4.78 is 28.0. The minimum atomic E-state index is -0.658. The number of aliphatic hydroxyl groups excluding tert-OH is 1. The number of carbonyl (C=O) groups is 1. The maximum Gasteiger partial charge on any atom is 0.225 e. The summed E-state index contributed by atoms with van der Waals surface area (Å²) in [5, 5.41) is 19.3. The van der Waals surface area contributed by atoms with Gasteiger partial charge in [-0.15, -0.1) is 0 Å². The topological polar surface area (TPSA) is 121 Å². The summed E-state index contributed by atoms with van der Waals surface area (Å²) in [6, 6.07) is 3.82. The smallest absolute Gasteiger partial charge is 0.225 e. The van der Waals surface area contributed by atoms with Gasteiger partial charge in [0.05, 0.1) is 18.1 Å². The predicted molar refractivity (Wildman–Crippen MR) is 159 cm³/mol. The van der Waals surface area contributed by atoms with Crippen molar-refractivity contribution in [2.45, 2.75) is 69.6 Å². The van der Waals surface area contributed by atoms with Gasteiger partial charge in [0.1, 0.15) is 17.8 Å². The zero-order valence-electron chi connectivity index (χ0n) is 24.6. The molecule has 2 heterocycles. The van der Waals surface area contributed by atoms with E-state index in [-0.39, 0.29) is 42.9 Å². The zero-order chi connectivity index (χ0) is 29.6. The average molecular weight is 589 g/mol. The Bertz CT molecular complexity index is 1130. The number of guanidine groups is 1. The lowest BCUT2D eigenvalue weighted by molar-refractivity contribution is -0.138. The highest BCUT2D eigenvalue weighted by Crippen LogP contribution is 2.32. The summed E-state index contributed by atoms with van der Waals surface area (Å²) in [6.07, 6.45) is 8.24. The van der Waals surface area contributed by atoms with Gasteiger partial charge in [-0.3, -0.25) is 9.69 Å². The number of halogens is 2. The largest absolute Gasteiger partial charge is 0.398 e. The van der Waals surface area contributed by atoms with Gasteiger partial charge < -0.3 is 36.6 Å². The fraction of sp³-hybridized carbons (Fsp3) is 0.667. The van der Waals surface area contributed by atoms with Crippen LogP contribution in [0.3, 0.4) is 0 Å². The number of nitrogens with one attached hydrogen (secondary N) is 3. The fourth-order valence-electron chi connectivity index (χ4n) is 6.65. The number of benzene rings is 1. The van der Waals surface area contributed by atoms with Crippen LogP contribution in [0.15, 0.2) is 35.1 Å². The van der Waals surface area contributed by atoms with E-state index in [1.165, 1.54) is 12.1 Å². The molecule has 2 aliphatic heterocycles. The lowest BCUT2D eigenvalue weighted by Crippen LogP contribution is -2.54. The number of piperazine rings is 1. The van der Waals surface area contributed by atoms with Crippen molar-refractivity contribution in [3.8, 4) is 0 Å². The standard InChI is InChI=1S/C30H46F2N8O2/c1-38-12-14-39(15-13-38)29(42)21-4-9-24(10-5-21)40(19-35-27-11-6-22(31)16-25(27)32)28-26(33)17-34-30(37-28)36-23-7-2-20(18-41)3-8-23/h6,11,16-17,20-21,23-24,28,35,41H,2-5,7-10,12-15,18-19,33H2,1H3,(H2,34,36,37). The van der Waals surface area contributed by atoms with Crippen molar-refractivity contribution in [3.63, 3.8) is 0 Å². The van der Waals surface area contributed by atoms with Gasteiger partial charge in [0.15, 0.2) is 5.96 Å². The highest BCUT2D eigenvalue weighted by molar-refractivity contribution is 5.82. The van der Waals surface area contributed by atoms with Crippen molar-refractivity contribution in [1.82, 2.24) is 25.3 Å². The average Bonchev–Trinajstić information content (AvgIpc) is 3.00. The Hall–Kier alpha value is -2.96. The third-order valence-electron chi connectivity index (χ3n) is 9.40. The van der Waals surface area contributed by atoms with Gasteiger partial charge >= 0.3 is 0 Å². The lowest BCUT2D eigenvalue weighted by atomic mass is 9.84. The number of likely N-dealkylation sites (N-methyl/N-ethyl adjacent to an activating group) is 1. The number of aliphatic imine (C=N–C) groups is 1. The summed E-state index contributed by atoms with van der Waals surface area (Å²) in [6.45, 7) is 3.83. The van der Waals surface area contributed by atoms with Gasteiger partial charge in [-0.1, -0.05) is 0 Å². The Kier molecular flexibility index (Phi) is 10.2. The Morgan fingerprint density at radius 2 is 1.81 bits per heavy atom. The van der Waals surface area contributed by atoms with Gasteiger partial charge in [0.2, 0.25) is 5.91 Å². The van der Waals surface area contributed by atoms with E-state index in [4.69, 9.17) is 10.7 Å². The van der Waals surface area contributed by atoms with E-state index < -0.39 is 17.8 Å². The number of hydrogen-bond donors (Lipinski definition) is 5. The second kappa shape index (κ2) is 14.0. The Morgan fingerprint density at radius 3 is 2.48 bits per heavy atom. The molecule has 10 nitrogen and oxygen atoms in total. The second-order valence-electron chi connectivity index (χ2n) is 12.3. The summed E-state index contributed by atoms with van der Waals surface area (Å²) in [4.78, 5) is 24.6. The molecule has 1 aromatic rings. The van der Waals surface area contributed by atoms with Crippen LogP contribution >= 0.6 is 0 Å². The summed E-state index contributed by atoms with van der Waals surface area (Å²) in [5.41, 5.74) is 7.25. The Balaban J connectivity index is 1.28. The molecule has 1 atom stereocenters. The van der Waals surface area contributed by atoms with Gasteiger partial charge in [0.25, 0.3) is 0 Å². The normalized spacial score (nSPS) is 29.0. The van der Waals surface area contributed by atoms with Crippen LogP contribution in [0.5, 0.6) is 0 Å². The Labute approximate surface area is 247 Å². The molecule has 1 aromatic carbocycles. The SMILES string of the molecule is CN1CCN(C(=O)C2CCC(N(CNc3ccc(F)cc3F)C3N=C(NC4CCC(CO)CC4)NC=C3N)CC2)CC1. The molecular weight excluding hydrogens is 542 g/mol. The number of carbonyl (C=O) groups excluding carboxylic acids is 1. The van der Waals surface area contributed by atoms with Crippen molar-refractivity contribution in [3.05, 3.63) is 41.7 Å². The fourth-order valence-corrected chi connectivity index (χ4v) is 6.65. The van der Waals surface area contributed by atoms with Crippen LogP contribution in [0.4, 0.5) is 14.5 Å². The molecule has 0 bridgehead atoms. The molecule has 2 saturated carbocycles. The summed E-state index contributed by atoms with van der Waals surface area (Å²) in [7, 11) is 2.08. The van der Waals surface area contributed by atoms with Gasteiger partial charge in [0, 0.05) is 63.1 Å². The van der Waals surface area contributed by atoms with Crippen LogP contribution in [-0.4, -0.2) is 96.4 Å². The molecular formula is C30H46F2N8O2. The second-order valence-corrected chi connectivity index (χ2v) is 12.3. The summed E-state index contributed by atoms with van der Waals surface area (Å²) in [5.74, 6) is -0.0319. The molecule has 1 saturated heterocycles. The van der Waals surface area contributed by atoms with Crippen molar-refractivity contribution in [2.75, 3.05) is 51.8 Å². The highest BCUT2D eigenvalue weighted by Gasteiger charge is 2.36. The molecule has 6 N–H and O–H groups in total. The first-order chi connectivity index (χ1) is 20.3. The van der Waals surface area contributed by atoms with E-state index in [0.717, 1.165) is 83.6 Å². The monoisotopic (exact) mass is 588 g/mol. The molecule has 232 valence electrons. The minimum absolute atomic E-state index is 0.00435. The molecule has 4 aliphatic rings. The van der Waals surface area contributed by atoms with Crippen LogP contribution < -0.4 is 21.7 Å². The van der Waals surface area contributed by atoms with Gasteiger partial charge in [-0.25, -0.2) is 13.8 Å². The maximum atomic E-state index is 14.5. The number of rotatable bonds is 8. The number of hydrogen-bond acceptors (Lipinski definition) is 9. The molecule has 42 heavy (non-hydrogen) atoms. The molecule has 0 aromatic heterocycles. The molecule has 5 rings (SSSR count). The molecule has 12 heteroatoms. The third kappa shape index (κ3) is 7.51. The number of aliphatic hydroxyl groups is 1. The third-order valence-corrected chi connectivity index (χ3v) is 9.40. The minimum Gasteiger partial charge on any atom is -0.398 e. The molecule has 1 amide bonds. The van der Waals surface area contributed by atoms with Crippen LogP contribution in [-0.2, 0) is 4.79 Å². The van der Waals surface area contributed by atoms with E-state index >= 15 is 0 Å². The lowest BCUT2D eigenvalue weighted by Gasteiger charge is -2.42. The van der Waals surface area contributed by atoms with Crippen molar-refractivity contribution in [1.29, 1.82) is 0 Å². The molecule has 0 radical (unpaired) electrons. The molecule has 0 spiro atoms. The van der Waals surface area contributed by atoms with Gasteiger partial charge in [-0.2, -0.15) is 0 Å². The number of nitrogens with two attached hydrogens (primary N) is 1. The Morgan fingerprint density at radius 1 is 1.10 bits per heavy atom. The predicted octanol–water partition coefficient (Wildman–Crippen LogP) is 2.20. The number of nitrogens with zero attached hydrogens (tertiary/aromatic N) is 4. The van der Waals surface area contributed by atoms with E-state index in [0.29, 0.717) is 17.6 Å². The van der Waals surface area contributed by atoms with Crippen LogP contribution in [0.2, 0.25) is 0 Å². The number of anilines is 1. The van der Waals surface area contributed by atoms with Crippen molar-refractivity contribution < 1.29 is 18.7 Å². The molecule has 2 aliphatic carbocycles. The summed E-state index contributed by atoms with van der Waals surface area (Å²) >= 11 is 0. The number of amides is 1. The first-order valence-corrected chi connectivity index (χ1v) is 15.4. The van der Waals surface area contributed by atoms with Gasteiger partial charge in [-0.05, 0) is 76.5 Å². The van der Waals surface area contributed by atoms with E-state index in [1.807, 2.05) is 4.90 Å². The molecule has 1 unspecified atom stereocenters. The van der Waals surface area contributed by atoms with E-state index in [2.05, 4.69) is 32.8 Å².